The second-order valence-electron chi connectivity index (χ2n) is 1.45. The third-order valence-corrected chi connectivity index (χ3v) is 1.12. The second-order valence-corrected chi connectivity index (χ2v) is 2.97. The first-order valence-corrected chi connectivity index (χ1v) is 3.29. The third-order valence-electron chi connectivity index (χ3n) is 0.564. The first kappa shape index (κ1) is 6.72. The number of halogens is 1. The minimum Gasteiger partial charge on any atom is -0.135 e. The van der Waals surface area contributed by atoms with Crippen LogP contribution in [0.15, 0.2) is 0 Å². The van der Waals surface area contributed by atoms with Crippen molar-refractivity contribution in [2.24, 2.45) is 0 Å². The highest BCUT2D eigenvalue weighted by Crippen LogP contribution is 2.02. The minimum absolute atomic E-state index is 0.683. The van der Waals surface area contributed by atoms with Crippen LogP contribution in [-0.4, -0.2) is 11.5 Å². The molecule has 38 valence electrons. The standard InChI is InChI=1S/C4H10ClP/c1-4(6)2-3-5/h4H,2-3,6H2,1H3. The largest absolute Gasteiger partial charge is 0.135 e. The molecule has 0 heterocycles. The topological polar surface area (TPSA) is 0 Å². The average molecular weight is 125 g/mol. The van der Waals surface area contributed by atoms with Crippen LogP contribution in [0.2, 0.25) is 0 Å². The van der Waals surface area contributed by atoms with E-state index in [0.29, 0.717) is 5.66 Å². The molecule has 2 unspecified atom stereocenters. The molecule has 2 atom stereocenters. The summed E-state index contributed by atoms with van der Waals surface area (Å²) in [4.78, 5) is 0. The molecule has 2 heteroatoms. The lowest BCUT2D eigenvalue weighted by Gasteiger charge is -1.94. The summed E-state index contributed by atoms with van der Waals surface area (Å²) in [5, 5.41) is 0. The Labute approximate surface area is 46.5 Å². The number of rotatable bonds is 2. The van der Waals surface area contributed by atoms with Gasteiger partial charge in [-0.1, -0.05) is 6.92 Å². The maximum atomic E-state index is 5.38. The zero-order valence-corrected chi connectivity index (χ0v) is 5.86. The number of hydrogen-bond donors (Lipinski definition) is 0. The summed E-state index contributed by atoms with van der Waals surface area (Å²) < 4.78 is 0. The van der Waals surface area contributed by atoms with Gasteiger partial charge in [0.2, 0.25) is 0 Å². The van der Waals surface area contributed by atoms with E-state index >= 15 is 0 Å². The molecule has 0 aromatic carbocycles. The van der Waals surface area contributed by atoms with Gasteiger partial charge >= 0.3 is 0 Å². The van der Waals surface area contributed by atoms with E-state index in [1.54, 1.807) is 0 Å². The molecule has 0 radical (unpaired) electrons. The van der Waals surface area contributed by atoms with Gasteiger partial charge in [-0.2, -0.15) is 0 Å². The minimum atomic E-state index is 0.683. The van der Waals surface area contributed by atoms with E-state index in [9.17, 15) is 0 Å². The highest BCUT2D eigenvalue weighted by Gasteiger charge is 1.87. The summed E-state index contributed by atoms with van der Waals surface area (Å²) >= 11 is 5.38. The van der Waals surface area contributed by atoms with Crippen LogP contribution in [0.5, 0.6) is 0 Å². The van der Waals surface area contributed by atoms with Crippen LogP contribution < -0.4 is 0 Å². The Bertz CT molecular complexity index is 28.7. The molecule has 0 aromatic heterocycles. The van der Waals surface area contributed by atoms with Crippen LogP contribution >= 0.6 is 20.8 Å². The van der Waals surface area contributed by atoms with Gasteiger partial charge in [0.1, 0.15) is 0 Å². The molecule has 0 bridgehead atoms. The predicted molar refractivity (Wildman–Crippen MR) is 34.5 cm³/mol. The van der Waals surface area contributed by atoms with Gasteiger partial charge in [-0.15, -0.1) is 20.8 Å². The molecule has 0 rings (SSSR count). The number of alkyl halides is 1. The number of hydrogen-bond acceptors (Lipinski definition) is 0. The smallest absolute Gasteiger partial charge is 0.0229 e. The summed E-state index contributed by atoms with van der Waals surface area (Å²) in [7, 11) is 2.69. The van der Waals surface area contributed by atoms with Crippen molar-refractivity contribution in [3.8, 4) is 0 Å². The van der Waals surface area contributed by atoms with Crippen molar-refractivity contribution in [1.82, 2.24) is 0 Å². The molecule has 0 amide bonds. The zero-order chi connectivity index (χ0) is 4.99. The fourth-order valence-electron chi connectivity index (χ4n) is 0.172. The molecule has 0 saturated heterocycles. The summed E-state index contributed by atoms with van der Waals surface area (Å²) in [6.45, 7) is 2.13. The lowest BCUT2D eigenvalue weighted by Crippen LogP contribution is -1.87. The molecule has 0 aliphatic rings. The van der Waals surface area contributed by atoms with Crippen LogP contribution in [0.3, 0.4) is 0 Å². The van der Waals surface area contributed by atoms with E-state index in [0.717, 1.165) is 12.3 Å². The maximum Gasteiger partial charge on any atom is 0.0229 e. The Hall–Kier alpha value is 0.720. The second kappa shape index (κ2) is 3.89. The van der Waals surface area contributed by atoms with Crippen molar-refractivity contribution in [2.45, 2.75) is 19.0 Å². The molecule has 0 aromatic rings. The van der Waals surface area contributed by atoms with E-state index in [-0.39, 0.29) is 0 Å². The Balaban J connectivity index is 2.63. The molecule has 0 saturated carbocycles. The van der Waals surface area contributed by atoms with Crippen LogP contribution in [0.25, 0.3) is 0 Å². The third kappa shape index (κ3) is 4.72. The quantitative estimate of drug-likeness (QED) is 0.390. The zero-order valence-electron chi connectivity index (χ0n) is 3.95. The van der Waals surface area contributed by atoms with Gasteiger partial charge in [0, 0.05) is 5.88 Å². The van der Waals surface area contributed by atoms with Crippen LogP contribution in [0.4, 0.5) is 0 Å². The van der Waals surface area contributed by atoms with Crippen molar-refractivity contribution in [1.29, 1.82) is 0 Å². The van der Waals surface area contributed by atoms with E-state index < -0.39 is 0 Å². The molecular weight excluding hydrogens is 114 g/mol. The molecule has 0 fully saturated rings. The highest BCUT2D eigenvalue weighted by molar-refractivity contribution is 7.17. The van der Waals surface area contributed by atoms with Gasteiger partial charge in [0.25, 0.3) is 0 Å². The first-order valence-electron chi connectivity index (χ1n) is 2.09. The van der Waals surface area contributed by atoms with E-state index in [2.05, 4.69) is 16.2 Å². The van der Waals surface area contributed by atoms with Crippen molar-refractivity contribution in [3.63, 3.8) is 0 Å². The van der Waals surface area contributed by atoms with E-state index in [4.69, 9.17) is 11.6 Å². The Kier molecular flexibility index (Phi) is 4.36. The van der Waals surface area contributed by atoms with Crippen LogP contribution in [-0.2, 0) is 0 Å². The Morgan fingerprint density at radius 3 is 2.33 bits per heavy atom. The average Bonchev–Trinajstić information content (AvgIpc) is 1.35. The van der Waals surface area contributed by atoms with E-state index in [1.165, 1.54) is 0 Å². The summed E-state index contributed by atoms with van der Waals surface area (Å²) in [5.74, 6) is 0.782. The fourth-order valence-corrected chi connectivity index (χ4v) is 0.894. The lowest BCUT2D eigenvalue weighted by molar-refractivity contribution is 0.914. The van der Waals surface area contributed by atoms with Crippen molar-refractivity contribution < 1.29 is 0 Å². The SMILES string of the molecule is CC(P)CCCl. The maximum absolute atomic E-state index is 5.38. The van der Waals surface area contributed by atoms with Gasteiger partial charge in [-0.25, -0.2) is 0 Å². The van der Waals surface area contributed by atoms with Crippen molar-refractivity contribution in [3.05, 3.63) is 0 Å². The molecule has 0 spiro atoms. The van der Waals surface area contributed by atoms with Gasteiger partial charge < -0.3 is 0 Å². The van der Waals surface area contributed by atoms with Gasteiger partial charge in [0.15, 0.2) is 0 Å². The first-order chi connectivity index (χ1) is 2.77. The van der Waals surface area contributed by atoms with Crippen molar-refractivity contribution in [2.75, 3.05) is 5.88 Å². The van der Waals surface area contributed by atoms with Gasteiger partial charge in [-0.3, -0.25) is 0 Å². The molecule has 0 aliphatic carbocycles. The summed E-state index contributed by atoms with van der Waals surface area (Å²) in [6.07, 6.45) is 1.10. The predicted octanol–water partition coefficient (Wildman–Crippen LogP) is 1.88. The Morgan fingerprint density at radius 1 is 1.83 bits per heavy atom. The van der Waals surface area contributed by atoms with E-state index in [1.807, 2.05) is 0 Å². The normalized spacial score (nSPS) is 14.5. The fraction of sp³-hybridized carbons (Fsp3) is 1.00. The molecule has 0 aliphatic heterocycles. The van der Waals surface area contributed by atoms with Crippen LogP contribution in [0.1, 0.15) is 13.3 Å². The van der Waals surface area contributed by atoms with Gasteiger partial charge in [-0.05, 0) is 12.1 Å². The molecule has 6 heavy (non-hydrogen) atoms. The van der Waals surface area contributed by atoms with Crippen LogP contribution in [0, 0.1) is 0 Å². The van der Waals surface area contributed by atoms with Gasteiger partial charge in [0.05, 0.1) is 0 Å². The Morgan fingerprint density at radius 2 is 2.33 bits per heavy atom. The van der Waals surface area contributed by atoms with Crippen molar-refractivity contribution >= 4 is 20.8 Å². The lowest BCUT2D eigenvalue weighted by atomic mass is 10.4. The summed E-state index contributed by atoms with van der Waals surface area (Å²) in [5.41, 5.74) is 0.683. The molecule has 0 nitrogen and oxygen atoms in total. The molecule has 0 N–H and O–H groups in total. The molecular formula is C4H10ClP. The highest BCUT2D eigenvalue weighted by atomic mass is 35.5. The summed E-state index contributed by atoms with van der Waals surface area (Å²) in [6, 6.07) is 0. The monoisotopic (exact) mass is 124 g/mol.